The van der Waals surface area contributed by atoms with Crippen molar-refractivity contribution in [1.29, 1.82) is 0 Å². The molecule has 1 unspecified atom stereocenters. The van der Waals surface area contributed by atoms with E-state index in [0.29, 0.717) is 25.1 Å². The van der Waals surface area contributed by atoms with Gasteiger partial charge in [-0.2, -0.15) is 0 Å². The summed E-state index contributed by atoms with van der Waals surface area (Å²) in [4.78, 5) is 10.7. The van der Waals surface area contributed by atoms with Crippen LogP contribution in [0, 0.1) is 0 Å². The number of aliphatic hydroxyl groups excluding tert-OH is 1. The number of aliphatic hydroxyl groups is 1. The lowest BCUT2D eigenvalue weighted by molar-refractivity contribution is -0.132. The highest BCUT2D eigenvalue weighted by molar-refractivity contribution is 5.86. The van der Waals surface area contributed by atoms with Crippen molar-refractivity contribution in [3.05, 3.63) is 47.5 Å². The molecule has 1 aromatic rings. The van der Waals surface area contributed by atoms with Gasteiger partial charge in [-0.3, -0.25) is 0 Å². The van der Waals surface area contributed by atoms with E-state index in [9.17, 15) is 9.90 Å². The summed E-state index contributed by atoms with van der Waals surface area (Å²) in [5, 5.41) is 21.7. The van der Waals surface area contributed by atoms with Crippen LogP contribution < -0.4 is 5.32 Å². The Labute approximate surface area is 107 Å². The van der Waals surface area contributed by atoms with Crippen molar-refractivity contribution in [2.45, 2.75) is 19.4 Å². The van der Waals surface area contributed by atoms with Crippen molar-refractivity contribution in [2.24, 2.45) is 0 Å². The molecule has 0 aliphatic rings. The maximum Gasteiger partial charge on any atom is 0.331 e. The minimum atomic E-state index is -0.886. The lowest BCUT2D eigenvalue weighted by Crippen LogP contribution is -2.22. The fourth-order valence-corrected chi connectivity index (χ4v) is 1.59. The number of hydrogen-bond acceptors (Lipinski definition) is 3. The zero-order chi connectivity index (χ0) is 13.4. The van der Waals surface area contributed by atoms with Gasteiger partial charge in [-0.05, 0) is 12.0 Å². The number of nitrogens with one attached hydrogen (secondary N) is 1. The van der Waals surface area contributed by atoms with Crippen LogP contribution in [0.3, 0.4) is 0 Å². The normalized spacial score (nSPS) is 13.3. The van der Waals surface area contributed by atoms with E-state index in [4.69, 9.17) is 5.11 Å². The topological polar surface area (TPSA) is 69.6 Å². The van der Waals surface area contributed by atoms with Crippen molar-refractivity contribution in [1.82, 2.24) is 5.32 Å². The fraction of sp³-hybridized carbons (Fsp3) is 0.357. The monoisotopic (exact) mass is 249 g/mol. The molecule has 4 heteroatoms. The first-order valence-corrected chi connectivity index (χ1v) is 6.01. The molecule has 0 saturated heterocycles. The Morgan fingerprint density at radius 3 is 2.61 bits per heavy atom. The van der Waals surface area contributed by atoms with E-state index in [1.807, 2.05) is 30.3 Å². The first-order chi connectivity index (χ1) is 8.65. The average Bonchev–Trinajstić information content (AvgIpc) is 2.39. The van der Waals surface area contributed by atoms with E-state index >= 15 is 0 Å². The molecule has 0 amide bonds. The first-order valence-electron chi connectivity index (χ1n) is 6.01. The van der Waals surface area contributed by atoms with E-state index in [0.717, 1.165) is 5.56 Å². The maximum atomic E-state index is 10.7. The molecule has 1 rings (SSSR count). The Balaban J connectivity index is 2.36. The second-order valence-electron chi connectivity index (χ2n) is 3.97. The van der Waals surface area contributed by atoms with Crippen LogP contribution in [0.2, 0.25) is 0 Å². The fourth-order valence-electron chi connectivity index (χ4n) is 1.59. The van der Waals surface area contributed by atoms with Gasteiger partial charge in [-0.15, -0.1) is 0 Å². The molecule has 1 aromatic carbocycles. The van der Waals surface area contributed by atoms with Gasteiger partial charge in [0.05, 0.1) is 6.10 Å². The third-order valence-corrected chi connectivity index (χ3v) is 2.67. The molecule has 0 spiro atoms. The van der Waals surface area contributed by atoms with E-state index in [1.54, 1.807) is 13.0 Å². The first kappa shape index (κ1) is 14.4. The minimum Gasteiger partial charge on any atom is -0.478 e. The Hall–Kier alpha value is -1.65. The molecule has 0 heterocycles. The zero-order valence-electron chi connectivity index (χ0n) is 10.5. The summed E-state index contributed by atoms with van der Waals surface area (Å²) in [6.07, 6.45) is 1.56. The Bertz CT molecular complexity index is 401. The van der Waals surface area contributed by atoms with Crippen LogP contribution in [-0.2, 0) is 4.79 Å². The molecule has 4 nitrogen and oxygen atoms in total. The van der Waals surface area contributed by atoms with Crippen LogP contribution in [0.5, 0.6) is 0 Å². The highest BCUT2D eigenvalue weighted by Crippen LogP contribution is 2.10. The van der Waals surface area contributed by atoms with E-state index in [1.165, 1.54) is 0 Å². The summed E-state index contributed by atoms with van der Waals surface area (Å²) in [7, 11) is 0. The Kier molecular flexibility index (Phi) is 6.11. The third-order valence-electron chi connectivity index (χ3n) is 2.67. The van der Waals surface area contributed by atoms with Gasteiger partial charge in [-0.1, -0.05) is 43.3 Å². The van der Waals surface area contributed by atoms with Gasteiger partial charge in [0.1, 0.15) is 0 Å². The average molecular weight is 249 g/mol. The smallest absolute Gasteiger partial charge is 0.331 e. The quantitative estimate of drug-likeness (QED) is 0.508. The van der Waals surface area contributed by atoms with Crippen molar-refractivity contribution < 1.29 is 15.0 Å². The van der Waals surface area contributed by atoms with Crippen molar-refractivity contribution in [2.75, 3.05) is 13.1 Å². The Morgan fingerprint density at radius 2 is 2.06 bits per heavy atom. The molecular formula is C14H19NO3. The second-order valence-corrected chi connectivity index (χ2v) is 3.97. The number of carbonyl (C=O) groups is 1. The predicted octanol–water partition coefficient (Wildman–Crippen LogP) is 1.73. The third kappa shape index (κ3) is 4.69. The molecule has 0 fully saturated rings. The molecule has 1 atom stereocenters. The van der Waals surface area contributed by atoms with Crippen molar-refractivity contribution in [3.63, 3.8) is 0 Å². The van der Waals surface area contributed by atoms with Gasteiger partial charge in [0.2, 0.25) is 0 Å². The van der Waals surface area contributed by atoms with E-state index in [-0.39, 0.29) is 0 Å². The van der Waals surface area contributed by atoms with E-state index in [2.05, 4.69) is 5.32 Å². The largest absolute Gasteiger partial charge is 0.478 e. The highest BCUT2D eigenvalue weighted by Gasteiger charge is 2.06. The molecule has 0 aliphatic carbocycles. The molecule has 0 radical (unpaired) electrons. The lowest BCUT2D eigenvalue weighted by Gasteiger charge is -2.11. The molecule has 18 heavy (non-hydrogen) atoms. The molecule has 98 valence electrons. The summed E-state index contributed by atoms with van der Waals surface area (Å²) in [5.41, 5.74) is 1.24. The summed E-state index contributed by atoms with van der Waals surface area (Å²) in [5.74, 6) is -0.886. The molecule has 3 N–H and O–H groups in total. The van der Waals surface area contributed by atoms with Gasteiger partial charge >= 0.3 is 5.97 Å². The number of carboxylic acids is 1. The summed E-state index contributed by atoms with van der Waals surface area (Å²) in [6.45, 7) is 2.65. The van der Waals surface area contributed by atoms with Gasteiger partial charge in [0, 0.05) is 18.7 Å². The SMILES string of the molecule is CC/C(=C/CNCC(O)c1ccccc1)C(=O)O. The van der Waals surface area contributed by atoms with Crippen LogP contribution >= 0.6 is 0 Å². The van der Waals surface area contributed by atoms with Gasteiger partial charge in [0.25, 0.3) is 0 Å². The van der Waals surface area contributed by atoms with Crippen LogP contribution in [0.15, 0.2) is 42.0 Å². The van der Waals surface area contributed by atoms with Crippen LogP contribution in [0.1, 0.15) is 25.0 Å². The number of rotatable bonds is 7. The molecule has 0 bridgehead atoms. The molecule has 0 aromatic heterocycles. The molecule has 0 aliphatic heterocycles. The number of hydrogen-bond donors (Lipinski definition) is 3. The van der Waals surface area contributed by atoms with E-state index < -0.39 is 12.1 Å². The lowest BCUT2D eigenvalue weighted by atomic mass is 10.1. The minimum absolute atomic E-state index is 0.386. The van der Waals surface area contributed by atoms with Crippen molar-refractivity contribution in [3.8, 4) is 0 Å². The second kappa shape index (κ2) is 7.63. The van der Waals surface area contributed by atoms with Crippen LogP contribution in [0.4, 0.5) is 0 Å². The number of benzene rings is 1. The van der Waals surface area contributed by atoms with Crippen LogP contribution in [-0.4, -0.2) is 29.3 Å². The van der Waals surface area contributed by atoms with Crippen LogP contribution in [0.25, 0.3) is 0 Å². The summed E-state index contributed by atoms with van der Waals surface area (Å²) >= 11 is 0. The summed E-state index contributed by atoms with van der Waals surface area (Å²) in [6, 6.07) is 9.36. The van der Waals surface area contributed by atoms with Gasteiger partial charge in [0.15, 0.2) is 0 Å². The Morgan fingerprint density at radius 1 is 1.39 bits per heavy atom. The number of aliphatic carboxylic acids is 1. The standard InChI is InChI=1S/C14H19NO3/c1-2-11(14(17)18)8-9-15-10-13(16)12-6-4-3-5-7-12/h3-8,13,15-16H,2,9-10H2,1H3,(H,17,18)/b11-8-. The zero-order valence-corrected chi connectivity index (χ0v) is 10.5. The summed E-state index contributed by atoms with van der Waals surface area (Å²) < 4.78 is 0. The maximum absolute atomic E-state index is 10.7. The van der Waals surface area contributed by atoms with Gasteiger partial charge in [-0.25, -0.2) is 4.79 Å². The van der Waals surface area contributed by atoms with Gasteiger partial charge < -0.3 is 15.5 Å². The highest BCUT2D eigenvalue weighted by atomic mass is 16.4. The predicted molar refractivity (Wildman–Crippen MR) is 70.3 cm³/mol. The molecular weight excluding hydrogens is 230 g/mol. The van der Waals surface area contributed by atoms with Crippen molar-refractivity contribution >= 4 is 5.97 Å². The molecule has 0 saturated carbocycles. The number of carboxylic acid groups (broad SMARTS) is 1.